The van der Waals surface area contributed by atoms with Crippen molar-refractivity contribution in [2.45, 2.75) is 33.4 Å². The van der Waals surface area contributed by atoms with Crippen molar-refractivity contribution in [2.75, 3.05) is 5.73 Å². The fourth-order valence-electron chi connectivity index (χ4n) is 2.15. The maximum atomic E-state index is 12.3. The van der Waals surface area contributed by atoms with Crippen LogP contribution in [0.5, 0.6) is 0 Å². The van der Waals surface area contributed by atoms with E-state index >= 15 is 0 Å². The average Bonchev–Trinajstić information content (AvgIpc) is 2.86. The van der Waals surface area contributed by atoms with Crippen molar-refractivity contribution in [3.8, 4) is 0 Å². The molecule has 1 aromatic heterocycles. The summed E-state index contributed by atoms with van der Waals surface area (Å²) in [6.07, 6.45) is 3.59. The molecule has 0 spiro atoms. The Morgan fingerprint density at radius 3 is 2.80 bits per heavy atom. The highest BCUT2D eigenvalue weighted by molar-refractivity contribution is 5.96. The van der Waals surface area contributed by atoms with Crippen LogP contribution in [-0.2, 0) is 6.54 Å². The lowest BCUT2D eigenvalue weighted by atomic mass is 10.0. The smallest absolute Gasteiger partial charge is 0.251 e. The highest BCUT2D eigenvalue weighted by Crippen LogP contribution is 2.17. The van der Waals surface area contributed by atoms with Crippen LogP contribution in [0, 0.1) is 13.8 Å². The standard InChI is InChI=1S/C15H20N4O/c1-10-7-11(2)14(16)8-13(10)15(20)18-12(3)9-19-6-4-5-17-19/h4-8,12H,9,16H2,1-3H3,(H,18,20). The molecule has 1 amide bonds. The summed E-state index contributed by atoms with van der Waals surface area (Å²) in [4.78, 5) is 12.3. The van der Waals surface area contributed by atoms with Crippen molar-refractivity contribution < 1.29 is 4.79 Å². The number of anilines is 1. The second-order valence-corrected chi connectivity index (χ2v) is 5.13. The molecule has 1 heterocycles. The summed E-state index contributed by atoms with van der Waals surface area (Å²) in [7, 11) is 0. The van der Waals surface area contributed by atoms with E-state index < -0.39 is 0 Å². The van der Waals surface area contributed by atoms with Gasteiger partial charge in [-0.05, 0) is 44.0 Å². The van der Waals surface area contributed by atoms with Gasteiger partial charge in [0.15, 0.2) is 0 Å². The van der Waals surface area contributed by atoms with E-state index in [4.69, 9.17) is 5.73 Å². The minimum absolute atomic E-state index is 0.00988. The molecular formula is C15H20N4O. The molecule has 1 aromatic carbocycles. The van der Waals surface area contributed by atoms with Gasteiger partial charge in [-0.15, -0.1) is 0 Å². The molecule has 5 heteroatoms. The predicted octanol–water partition coefficient (Wildman–Crippen LogP) is 1.90. The van der Waals surface area contributed by atoms with Gasteiger partial charge >= 0.3 is 0 Å². The number of benzene rings is 1. The molecule has 2 rings (SSSR count). The molecule has 0 bridgehead atoms. The summed E-state index contributed by atoms with van der Waals surface area (Å²) in [6.45, 7) is 6.44. The van der Waals surface area contributed by atoms with E-state index in [0.29, 0.717) is 17.8 Å². The molecule has 5 nitrogen and oxygen atoms in total. The number of nitrogens with two attached hydrogens (primary N) is 1. The molecule has 0 fully saturated rings. The molecule has 0 aliphatic heterocycles. The Morgan fingerprint density at radius 2 is 2.15 bits per heavy atom. The molecule has 1 atom stereocenters. The Hall–Kier alpha value is -2.30. The van der Waals surface area contributed by atoms with Crippen molar-refractivity contribution >= 4 is 11.6 Å². The van der Waals surface area contributed by atoms with Gasteiger partial charge in [0.1, 0.15) is 0 Å². The zero-order chi connectivity index (χ0) is 14.7. The van der Waals surface area contributed by atoms with Crippen LogP contribution >= 0.6 is 0 Å². The second kappa shape index (κ2) is 5.77. The minimum atomic E-state index is -0.103. The molecule has 0 radical (unpaired) electrons. The summed E-state index contributed by atoms with van der Waals surface area (Å²) in [5.41, 5.74) is 9.06. The molecule has 0 aliphatic rings. The van der Waals surface area contributed by atoms with E-state index in [1.807, 2.05) is 39.1 Å². The lowest BCUT2D eigenvalue weighted by Gasteiger charge is -2.16. The normalized spacial score (nSPS) is 12.2. The summed E-state index contributed by atoms with van der Waals surface area (Å²) >= 11 is 0. The van der Waals surface area contributed by atoms with Gasteiger partial charge in [-0.2, -0.15) is 5.10 Å². The third kappa shape index (κ3) is 3.17. The molecule has 20 heavy (non-hydrogen) atoms. The number of carbonyl (C=O) groups excluding carboxylic acids is 1. The highest BCUT2D eigenvalue weighted by atomic mass is 16.1. The third-order valence-electron chi connectivity index (χ3n) is 3.26. The molecule has 1 unspecified atom stereocenters. The van der Waals surface area contributed by atoms with E-state index in [1.165, 1.54) is 0 Å². The Balaban J connectivity index is 2.06. The number of aryl methyl sites for hydroxylation is 2. The second-order valence-electron chi connectivity index (χ2n) is 5.13. The van der Waals surface area contributed by atoms with Gasteiger partial charge in [-0.1, -0.05) is 6.07 Å². The molecule has 0 aliphatic carbocycles. The fourth-order valence-corrected chi connectivity index (χ4v) is 2.15. The number of carbonyl (C=O) groups is 1. The molecule has 3 N–H and O–H groups in total. The number of nitrogen functional groups attached to an aromatic ring is 1. The van der Waals surface area contributed by atoms with Crippen LogP contribution in [0.25, 0.3) is 0 Å². The molecule has 0 saturated heterocycles. The van der Waals surface area contributed by atoms with Gasteiger partial charge in [-0.3, -0.25) is 9.48 Å². The first-order chi connectivity index (χ1) is 9.47. The van der Waals surface area contributed by atoms with Gasteiger partial charge in [0, 0.05) is 29.7 Å². The van der Waals surface area contributed by atoms with E-state index in [-0.39, 0.29) is 11.9 Å². The van der Waals surface area contributed by atoms with E-state index in [1.54, 1.807) is 16.9 Å². The highest BCUT2D eigenvalue weighted by Gasteiger charge is 2.13. The molecule has 2 aromatic rings. The van der Waals surface area contributed by atoms with Gasteiger partial charge in [0.05, 0.1) is 6.54 Å². The van der Waals surface area contributed by atoms with Crippen LogP contribution < -0.4 is 11.1 Å². The maximum absolute atomic E-state index is 12.3. The molecule has 106 valence electrons. The first-order valence-corrected chi connectivity index (χ1v) is 6.62. The van der Waals surface area contributed by atoms with E-state index in [2.05, 4.69) is 10.4 Å². The maximum Gasteiger partial charge on any atom is 0.251 e. The zero-order valence-electron chi connectivity index (χ0n) is 12.1. The van der Waals surface area contributed by atoms with Gasteiger partial charge in [0.25, 0.3) is 5.91 Å². The lowest BCUT2D eigenvalue weighted by molar-refractivity contribution is 0.0935. The quantitative estimate of drug-likeness (QED) is 0.835. The Morgan fingerprint density at radius 1 is 1.40 bits per heavy atom. The molecular weight excluding hydrogens is 252 g/mol. The topological polar surface area (TPSA) is 72.9 Å². The fraction of sp³-hybridized carbons (Fsp3) is 0.333. The van der Waals surface area contributed by atoms with Gasteiger partial charge in [0.2, 0.25) is 0 Å². The van der Waals surface area contributed by atoms with Crippen molar-refractivity contribution in [1.29, 1.82) is 0 Å². The van der Waals surface area contributed by atoms with Crippen LogP contribution in [0.2, 0.25) is 0 Å². The Labute approximate surface area is 118 Å². The summed E-state index contributed by atoms with van der Waals surface area (Å²) in [5, 5.41) is 7.09. The summed E-state index contributed by atoms with van der Waals surface area (Å²) < 4.78 is 1.79. The number of hydrogen-bond acceptors (Lipinski definition) is 3. The number of amides is 1. The first kappa shape index (κ1) is 14.1. The third-order valence-corrected chi connectivity index (χ3v) is 3.26. The number of hydrogen-bond donors (Lipinski definition) is 2. The van der Waals surface area contributed by atoms with Crippen LogP contribution in [0.3, 0.4) is 0 Å². The van der Waals surface area contributed by atoms with Crippen LogP contribution in [0.4, 0.5) is 5.69 Å². The summed E-state index contributed by atoms with van der Waals surface area (Å²) in [6, 6.07) is 5.52. The van der Waals surface area contributed by atoms with Crippen molar-refractivity contribution in [3.63, 3.8) is 0 Å². The van der Waals surface area contributed by atoms with Crippen LogP contribution in [-0.4, -0.2) is 21.7 Å². The lowest BCUT2D eigenvalue weighted by Crippen LogP contribution is -2.36. The minimum Gasteiger partial charge on any atom is -0.398 e. The number of nitrogens with zero attached hydrogens (tertiary/aromatic N) is 2. The predicted molar refractivity (Wildman–Crippen MR) is 79.5 cm³/mol. The van der Waals surface area contributed by atoms with Crippen molar-refractivity contribution in [1.82, 2.24) is 15.1 Å². The Kier molecular flexibility index (Phi) is 4.08. The Bertz CT molecular complexity index is 605. The monoisotopic (exact) mass is 272 g/mol. The summed E-state index contributed by atoms with van der Waals surface area (Å²) in [5.74, 6) is -0.103. The van der Waals surface area contributed by atoms with Crippen LogP contribution in [0.1, 0.15) is 28.4 Å². The largest absolute Gasteiger partial charge is 0.398 e. The van der Waals surface area contributed by atoms with Crippen molar-refractivity contribution in [3.05, 3.63) is 47.3 Å². The first-order valence-electron chi connectivity index (χ1n) is 6.62. The van der Waals surface area contributed by atoms with Gasteiger partial charge < -0.3 is 11.1 Å². The van der Waals surface area contributed by atoms with Crippen molar-refractivity contribution in [2.24, 2.45) is 0 Å². The average molecular weight is 272 g/mol. The molecule has 0 saturated carbocycles. The SMILES string of the molecule is Cc1cc(C)c(C(=O)NC(C)Cn2cccn2)cc1N. The van der Waals surface area contributed by atoms with E-state index in [0.717, 1.165) is 11.1 Å². The van der Waals surface area contributed by atoms with Gasteiger partial charge in [-0.25, -0.2) is 0 Å². The van der Waals surface area contributed by atoms with E-state index in [9.17, 15) is 4.79 Å². The number of aromatic nitrogens is 2. The van der Waals surface area contributed by atoms with Crippen LogP contribution in [0.15, 0.2) is 30.6 Å². The number of rotatable bonds is 4. The zero-order valence-corrected chi connectivity index (χ0v) is 12.1. The number of nitrogens with one attached hydrogen (secondary N) is 1.